The molecule has 0 bridgehead atoms. The lowest BCUT2D eigenvalue weighted by Gasteiger charge is -2.06. The van der Waals surface area contributed by atoms with Gasteiger partial charge in [-0.05, 0) is 42.5 Å². The zero-order valence-corrected chi connectivity index (χ0v) is 12.9. The van der Waals surface area contributed by atoms with Crippen molar-refractivity contribution in [1.29, 1.82) is 0 Å². The predicted octanol–water partition coefficient (Wildman–Crippen LogP) is 2.10. The number of nitrogens with one attached hydrogen (secondary N) is 2. The van der Waals surface area contributed by atoms with Crippen LogP contribution in [0.4, 0.5) is 5.82 Å². The lowest BCUT2D eigenvalue weighted by Crippen LogP contribution is -2.27. The highest BCUT2D eigenvalue weighted by atomic mass is 16.3. The molecule has 0 saturated carbocycles. The fraction of sp³-hybridized carbons (Fsp3) is 0.118. The Morgan fingerprint density at radius 2 is 2.00 bits per heavy atom. The van der Waals surface area contributed by atoms with E-state index < -0.39 is 0 Å². The first-order valence-electron chi connectivity index (χ1n) is 7.51. The van der Waals surface area contributed by atoms with Gasteiger partial charge in [0.2, 0.25) is 5.91 Å². The Morgan fingerprint density at radius 1 is 1.12 bits per heavy atom. The summed E-state index contributed by atoms with van der Waals surface area (Å²) in [6.45, 7) is 1.03. The van der Waals surface area contributed by atoms with Gasteiger partial charge in [0.15, 0.2) is 5.82 Å². The number of nitrogens with zero attached hydrogens (tertiary/aromatic N) is 3. The molecule has 3 heterocycles. The van der Waals surface area contributed by atoms with E-state index in [0.29, 0.717) is 24.7 Å². The molecule has 7 nitrogen and oxygen atoms in total. The molecular formula is C17H17N5O2. The summed E-state index contributed by atoms with van der Waals surface area (Å²) in [6.07, 6.45) is 8.43. The van der Waals surface area contributed by atoms with Gasteiger partial charge in [-0.2, -0.15) is 0 Å². The van der Waals surface area contributed by atoms with E-state index in [1.165, 1.54) is 6.08 Å². The quantitative estimate of drug-likeness (QED) is 0.514. The van der Waals surface area contributed by atoms with Crippen LogP contribution in [0.5, 0.6) is 0 Å². The molecule has 3 aromatic heterocycles. The second kappa shape index (κ2) is 7.77. The standard InChI is InChI=1S/C17H17N5O2/c23-17(8-5-14-4-3-13-24-14)19-10-9-18-15-6-7-16(21-20-15)22-11-1-2-12-22/h1-8,11-13H,9-10H2,(H,18,20)(H,19,23)/b8-5+. The molecule has 0 aliphatic rings. The van der Waals surface area contributed by atoms with E-state index in [9.17, 15) is 4.79 Å². The number of aromatic nitrogens is 3. The Labute approximate surface area is 139 Å². The average Bonchev–Trinajstić information content (AvgIpc) is 3.31. The van der Waals surface area contributed by atoms with E-state index in [4.69, 9.17) is 4.42 Å². The van der Waals surface area contributed by atoms with Gasteiger partial charge in [0.1, 0.15) is 11.6 Å². The van der Waals surface area contributed by atoms with Gasteiger partial charge >= 0.3 is 0 Å². The van der Waals surface area contributed by atoms with Gasteiger partial charge in [0.25, 0.3) is 0 Å². The van der Waals surface area contributed by atoms with Gasteiger partial charge < -0.3 is 19.6 Å². The monoisotopic (exact) mass is 323 g/mol. The minimum atomic E-state index is -0.178. The van der Waals surface area contributed by atoms with Crippen molar-refractivity contribution in [3.05, 3.63) is 66.9 Å². The number of hydrogen-bond donors (Lipinski definition) is 2. The maximum atomic E-state index is 11.6. The molecule has 3 aromatic rings. The second-order valence-electron chi connectivity index (χ2n) is 4.93. The Kier molecular flexibility index (Phi) is 5.03. The lowest BCUT2D eigenvalue weighted by molar-refractivity contribution is -0.116. The highest BCUT2D eigenvalue weighted by molar-refractivity contribution is 5.91. The maximum absolute atomic E-state index is 11.6. The van der Waals surface area contributed by atoms with Crippen LogP contribution in [0.1, 0.15) is 5.76 Å². The largest absolute Gasteiger partial charge is 0.465 e. The Morgan fingerprint density at radius 3 is 2.71 bits per heavy atom. The van der Waals surface area contributed by atoms with Crippen LogP contribution in [0.2, 0.25) is 0 Å². The molecule has 0 aliphatic heterocycles. The number of carbonyl (C=O) groups excluding carboxylic acids is 1. The first-order chi connectivity index (χ1) is 11.8. The van der Waals surface area contributed by atoms with Crippen molar-refractivity contribution >= 4 is 17.8 Å². The minimum absolute atomic E-state index is 0.178. The van der Waals surface area contributed by atoms with Gasteiger partial charge in [-0.25, -0.2) is 0 Å². The summed E-state index contributed by atoms with van der Waals surface area (Å²) in [5.41, 5.74) is 0. The van der Waals surface area contributed by atoms with Crippen molar-refractivity contribution in [2.75, 3.05) is 18.4 Å². The van der Waals surface area contributed by atoms with Crippen molar-refractivity contribution in [1.82, 2.24) is 20.1 Å². The zero-order chi connectivity index (χ0) is 16.6. The van der Waals surface area contributed by atoms with Crippen molar-refractivity contribution in [2.24, 2.45) is 0 Å². The summed E-state index contributed by atoms with van der Waals surface area (Å²) in [5, 5.41) is 14.1. The number of anilines is 1. The first kappa shape index (κ1) is 15.5. The molecule has 122 valence electrons. The molecule has 0 spiro atoms. The fourth-order valence-corrected chi connectivity index (χ4v) is 2.02. The summed E-state index contributed by atoms with van der Waals surface area (Å²) in [7, 11) is 0. The molecule has 0 unspecified atom stereocenters. The van der Waals surface area contributed by atoms with Crippen LogP contribution in [0.15, 0.2) is 65.5 Å². The summed E-state index contributed by atoms with van der Waals surface area (Å²) in [5.74, 6) is 1.87. The SMILES string of the molecule is O=C(/C=C/c1ccco1)NCCNc1ccc(-n2cccc2)nn1. The number of carbonyl (C=O) groups is 1. The van der Waals surface area contributed by atoms with Crippen LogP contribution in [0.25, 0.3) is 11.9 Å². The van der Waals surface area contributed by atoms with Crippen LogP contribution >= 0.6 is 0 Å². The van der Waals surface area contributed by atoms with Gasteiger partial charge in [0, 0.05) is 31.6 Å². The van der Waals surface area contributed by atoms with Gasteiger partial charge in [-0.1, -0.05) is 0 Å². The molecule has 0 radical (unpaired) electrons. The van der Waals surface area contributed by atoms with E-state index in [1.807, 2.05) is 41.2 Å². The van der Waals surface area contributed by atoms with E-state index in [0.717, 1.165) is 5.82 Å². The molecule has 0 saturated heterocycles. The maximum Gasteiger partial charge on any atom is 0.244 e. The number of amides is 1. The summed E-state index contributed by atoms with van der Waals surface area (Å²) in [6, 6.07) is 11.1. The normalized spacial score (nSPS) is 10.8. The van der Waals surface area contributed by atoms with Crippen molar-refractivity contribution < 1.29 is 9.21 Å². The third-order valence-corrected chi connectivity index (χ3v) is 3.19. The second-order valence-corrected chi connectivity index (χ2v) is 4.93. The molecule has 2 N–H and O–H groups in total. The van der Waals surface area contributed by atoms with Gasteiger partial charge in [-0.15, -0.1) is 10.2 Å². The summed E-state index contributed by atoms with van der Waals surface area (Å²) >= 11 is 0. The van der Waals surface area contributed by atoms with Crippen LogP contribution < -0.4 is 10.6 Å². The first-order valence-corrected chi connectivity index (χ1v) is 7.51. The Bertz CT molecular complexity index is 777. The van der Waals surface area contributed by atoms with Crippen LogP contribution in [-0.2, 0) is 4.79 Å². The number of furan rings is 1. The van der Waals surface area contributed by atoms with E-state index >= 15 is 0 Å². The molecule has 3 rings (SSSR count). The third kappa shape index (κ3) is 4.33. The Balaban J connectivity index is 1.39. The molecule has 0 atom stereocenters. The number of rotatable bonds is 7. The van der Waals surface area contributed by atoms with Crippen LogP contribution in [0.3, 0.4) is 0 Å². The minimum Gasteiger partial charge on any atom is -0.465 e. The van der Waals surface area contributed by atoms with Crippen molar-refractivity contribution in [3.63, 3.8) is 0 Å². The zero-order valence-electron chi connectivity index (χ0n) is 12.9. The molecule has 1 amide bonds. The average molecular weight is 323 g/mol. The molecule has 0 aromatic carbocycles. The molecule has 7 heteroatoms. The van der Waals surface area contributed by atoms with Gasteiger partial charge in [-0.3, -0.25) is 4.79 Å². The molecule has 0 aliphatic carbocycles. The van der Waals surface area contributed by atoms with Crippen LogP contribution in [0, 0.1) is 0 Å². The van der Waals surface area contributed by atoms with E-state index in [-0.39, 0.29) is 5.91 Å². The predicted molar refractivity (Wildman–Crippen MR) is 90.6 cm³/mol. The lowest BCUT2D eigenvalue weighted by atomic mass is 10.4. The summed E-state index contributed by atoms with van der Waals surface area (Å²) in [4.78, 5) is 11.6. The topological polar surface area (TPSA) is 85.0 Å². The summed E-state index contributed by atoms with van der Waals surface area (Å²) < 4.78 is 6.99. The van der Waals surface area contributed by atoms with Crippen LogP contribution in [-0.4, -0.2) is 33.8 Å². The fourth-order valence-electron chi connectivity index (χ4n) is 2.02. The highest BCUT2D eigenvalue weighted by Crippen LogP contribution is 2.06. The number of hydrogen-bond acceptors (Lipinski definition) is 5. The van der Waals surface area contributed by atoms with Crippen molar-refractivity contribution in [3.8, 4) is 5.82 Å². The van der Waals surface area contributed by atoms with Crippen molar-refractivity contribution in [2.45, 2.75) is 0 Å². The third-order valence-electron chi connectivity index (χ3n) is 3.19. The smallest absolute Gasteiger partial charge is 0.244 e. The van der Waals surface area contributed by atoms with Gasteiger partial charge in [0.05, 0.1) is 6.26 Å². The van der Waals surface area contributed by atoms with E-state index in [2.05, 4.69) is 20.8 Å². The molecule has 24 heavy (non-hydrogen) atoms. The highest BCUT2D eigenvalue weighted by Gasteiger charge is 2.00. The Hall–Kier alpha value is -3.35. The molecule has 0 fully saturated rings. The molecular weight excluding hydrogens is 306 g/mol. The van der Waals surface area contributed by atoms with E-state index in [1.54, 1.807) is 24.5 Å².